The van der Waals surface area contributed by atoms with Crippen molar-refractivity contribution in [1.82, 2.24) is 0 Å². The first-order valence-corrected chi connectivity index (χ1v) is 4.25. The highest BCUT2D eigenvalue weighted by atomic mass is 14.2. The van der Waals surface area contributed by atoms with E-state index in [0.717, 1.165) is 5.56 Å². The number of nitrogens with zero attached hydrogens (tertiary/aromatic N) is 1. The SMILES string of the molecule is N#CCc1cc2cccccc-2c1. The topological polar surface area (TPSA) is 23.8 Å². The summed E-state index contributed by atoms with van der Waals surface area (Å²) < 4.78 is 0. The van der Waals surface area contributed by atoms with Gasteiger partial charge in [-0.1, -0.05) is 42.5 Å². The summed E-state index contributed by atoms with van der Waals surface area (Å²) >= 11 is 0. The molecule has 62 valence electrons. The van der Waals surface area contributed by atoms with Crippen molar-refractivity contribution in [3.05, 3.63) is 48.0 Å². The van der Waals surface area contributed by atoms with E-state index >= 15 is 0 Å². The molecule has 0 fully saturated rings. The molecule has 1 nitrogen and oxygen atoms in total. The fraction of sp³-hybridized carbons (Fsp3) is 0.0833. The molecule has 0 spiro atoms. The molecule has 0 radical (unpaired) electrons. The lowest BCUT2D eigenvalue weighted by Gasteiger charge is -1.85. The van der Waals surface area contributed by atoms with Crippen LogP contribution in [-0.4, -0.2) is 0 Å². The van der Waals surface area contributed by atoms with E-state index in [0.29, 0.717) is 6.42 Å². The van der Waals surface area contributed by atoms with Crippen LogP contribution < -0.4 is 0 Å². The van der Waals surface area contributed by atoms with Crippen LogP contribution in [0.3, 0.4) is 0 Å². The molecule has 0 saturated carbocycles. The Morgan fingerprint density at radius 1 is 1.00 bits per heavy atom. The largest absolute Gasteiger partial charge is 0.198 e. The zero-order valence-corrected chi connectivity index (χ0v) is 7.20. The highest BCUT2D eigenvalue weighted by molar-refractivity contribution is 5.68. The minimum absolute atomic E-state index is 0.498. The summed E-state index contributed by atoms with van der Waals surface area (Å²) in [5.74, 6) is 0. The zero-order chi connectivity index (χ0) is 9.10. The summed E-state index contributed by atoms with van der Waals surface area (Å²) in [4.78, 5) is 0. The van der Waals surface area contributed by atoms with Gasteiger partial charge in [-0.3, -0.25) is 0 Å². The fourth-order valence-corrected chi connectivity index (χ4v) is 1.47. The van der Waals surface area contributed by atoms with Crippen molar-refractivity contribution < 1.29 is 0 Å². The maximum atomic E-state index is 8.54. The molecule has 0 saturated heterocycles. The Balaban J connectivity index is 2.52. The van der Waals surface area contributed by atoms with Gasteiger partial charge in [0.1, 0.15) is 0 Å². The van der Waals surface area contributed by atoms with Crippen LogP contribution in [0.25, 0.3) is 11.1 Å². The van der Waals surface area contributed by atoms with Crippen molar-refractivity contribution in [2.24, 2.45) is 0 Å². The molecule has 0 aromatic carbocycles. The average Bonchev–Trinajstić information content (AvgIpc) is 2.37. The van der Waals surface area contributed by atoms with E-state index in [1.54, 1.807) is 0 Å². The third-order valence-corrected chi connectivity index (χ3v) is 2.07. The van der Waals surface area contributed by atoms with Crippen LogP contribution in [0, 0.1) is 11.3 Å². The predicted molar refractivity (Wildman–Crippen MR) is 52.4 cm³/mol. The van der Waals surface area contributed by atoms with Gasteiger partial charge in [0.2, 0.25) is 0 Å². The van der Waals surface area contributed by atoms with Gasteiger partial charge >= 0.3 is 0 Å². The minimum atomic E-state index is 0.498. The van der Waals surface area contributed by atoms with E-state index in [2.05, 4.69) is 30.3 Å². The lowest BCUT2D eigenvalue weighted by Crippen LogP contribution is -1.71. The molecule has 0 atom stereocenters. The van der Waals surface area contributed by atoms with E-state index in [1.165, 1.54) is 11.1 Å². The minimum Gasteiger partial charge on any atom is -0.198 e. The van der Waals surface area contributed by atoms with Crippen molar-refractivity contribution in [2.75, 3.05) is 0 Å². The number of fused-ring (bicyclic) bond motifs is 1. The molecule has 0 aromatic rings. The molecule has 0 aliphatic heterocycles. The summed E-state index contributed by atoms with van der Waals surface area (Å²) in [6.45, 7) is 0. The van der Waals surface area contributed by atoms with Gasteiger partial charge in [-0.05, 0) is 16.7 Å². The Labute approximate surface area is 77.6 Å². The Morgan fingerprint density at radius 2 is 1.62 bits per heavy atom. The Hall–Kier alpha value is -1.81. The van der Waals surface area contributed by atoms with Crippen LogP contribution in [-0.2, 0) is 6.42 Å². The highest BCUT2D eigenvalue weighted by Crippen LogP contribution is 2.24. The van der Waals surface area contributed by atoms with Gasteiger partial charge in [0.05, 0.1) is 12.5 Å². The molecule has 0 N–H and O–H groups in total. The van der Waals surface area contributed by atoms with Gasteiger partial charge in [-0.2, -0.15) is 5.26 Å². The van der Waals surface area contributed by atoms with Crippen LogP contribution in [0.1, 0.15) is 5.56 Å². The van der Waals surface area contributed by atoms with Gasteiger partial charge in [-0.15, -0.1) is 0 Å². The van der Waals surface area contributed by atoms with Crippen LogP contribution in [0.5, 0.6) is 0 Å². The second-order valence-electron chi connectivity index (χ2n) is 3.02. The van der Waals surface area contributed by atoms with Crippen molar-refractivity contribution in [1.29, 1.82) is 5.26 Å². The molecule has 13 heavy (non-hydrogen) atoms. The molecule has 0 heterocycles. The van der Waals surface area contributed by atoms with Crippen molar-refractivity contribution in [3.8, 4) is 17.2 Å². The van der Waals surface area contributed by atoms with Crippen LogP contribution >= 0.6 is 0 Å². The molecule has 1 heteroatoms. The van der Waals surface area contributed by atoms with Gasteiger partial charge < -0.3 is 0 Å². The molecule has 0 aromatic heterocycles. The molecule has 2 rings (SSSR count). The Bertz CT molecular complexity index is 395. The monoisotopic (exact) mass is 167 g/mol. The molecular weight excluding hydrogens is 158 g/mol. The number of hydrogen-bond donors (Lipinski definition) is 0. The normalized spacial score (nSPS) is 9.77. The molecular formula is C12H9N. The van der Waals surface area contributed by atoms with Crippen LogP contribution in [0.15, 0.2) is 42.5 Å². The first-order chi connectivity index (χ1) is 6.40. The quantitative estimate of drug-likeness (QED) is 0.640. The maximum absolute atomic E-state index is 8.54. The smallest absolute Gasteiger partial charge is 0.0669 e. The number of rotatable bonds is 1. The summed E-state index contributed by atoms with van der Waals surface area (Å²) in [7, 11) is 0. The predicted octanol–water partition coefficient (Wildman–Crippen LogP) is 2.86. The van der Waals surface area contributed by atoms with Crippen molar-refractivity contribution in [2.45, 2.75) is 6.42 Å². The maximum Gasteiger partial charge on any atom is 0.0669 e. The number of nitriles is 1. The van der Waals surface area contributed by atoms with Gasteiger partial charge in [0.25, 0.3) is 0 Å². The Kier molecular flexibility index (Phi) is 1.97. The lowest BCUT2D eigenvalue weighted by atomic mass is 10.2. The molecule has 2 aliphatic rings. The van der Waals surface area contributed by atoms with Gasteiger partial charge in [0, 0.05) is 0 Å². The summed E-state index contributed by atoms with van der Waals surface area (Å²) in [6, 6.07) is 16.4. The summed E-state index contributed by atoms with van der Waals surface area (Å²) in [5.41, 5.74) is 3.51. The second-order valence-corrected chi connectivity index (χ2v) is 3.02. The van der Waals surface area contributed by atoms with E-state index in [9.17, 15) is 0 Å². The van der Waals surface area contributed by atoms with Crippen molar-refractivity contribution >= 4 is 0 Å². The van der Waals surface area contributed by atoms with Gasteiger partial charge in [0.15, 0.2) is 0 Å². The lowest BCUT2D eigenvalue weighted by molar-refractivity contribution is 1.28. The number of hydrogen-bond acceptors (Lipinski definition) is 1. The third-order valence-electron chi connectivity index (χ3n) is 2.07. The van der Waals surface area contributed by atoms with E-state index in [1.807, 2.05) is 18.2 Å². The molecule has 0 amide bonds. The molecule has 0 bridgehead atoms. The third kappa shape index (κ3) is 1.52. The Morgan fingerprint density at radius 3 is 2.15 bits per heavy atom. The van der Waals surface area contributed by atoms with Crippen LogP contribution in [0.4, 0.5) is 0 Å². The van der Waals surface area contributed by atoms with E-state index in [-0.39, 0.29) is 0 Å². The van der Waals surface area contributed by atoms with E-state index < -0.39 is 0 Å². The second kappa shape index (κ2) is 3.28. The highest BCUT2D eigenvalue weighted by Gasteiger charge is 2.03. The molecule has 0 unspecified atom stereocenters. The average molecular weight is 167 g/mol. The summed E-state index contributed by atoms with van der Waals surface area (Å²) in [6.07, 6.45) is 0.498. The zero-order valence-electron chi connectivity index (χ0n) is 7.20. The van der Waals surface area contributed by atoms with Gasteiger partial charge in [-0.25, -0.2) is 0 Å². The first-order valence-electron chi connectivity index (χ1n) is 4.25. The molecule has 2 aliphatic carbocycles. The first kappa shape index (κ1) is 7.82. The standard InChI is InChI=1S/C12H9N/c13-7-6-10-8-11-4-2-1-3-5-12(11)9-10/h1-5,8-9H,6H2. The fourth-order valence-electron chi connectivity index (χ4n) is 1.47. The summed E-state index contributed by atoms with van der Waals surface area (Å²) in [5, 5.41) is 8.54. The van der Waals surface area contributed by atoms with Crippen molar-refractivity contribution in [3.63, 3.8) is 0 Å². The van der Waals surface area contributed by atoms with E-state index in [4.69, 9.17) is 5.26 Å². The van der Waals surface area contributed by atoms with Crippen LogP contribution in [0.2, 0.25) is 0 Å².